The average molecular weight is 360 g/mol. The molecular weight excluding hydrogens is 335 g/mol. The molecule has 0 fully saturated rings. The predicted molar refractivity (Wildman–Crippen MR) is 97.4 cm³/mol. The number of hydrogen-bond donors (Lipinski definition) is 1. The highest BCUT2D eigenvalue weighted by Gasteiger charge is 2.21. The molecule has 0 saturated carbocycles. The number of nitrogens with zero attached hydrogens (tertiary/aromatic N) is 1. The fraction of sp³-hybridized carbons (Fsp3) is 0.400. The molecule has 140 valence electrons. The van der Waals surface area contributed by atoms with Gasteiger partial charge in [-0.3, -0.25) is 4.79 Å². The summed E-state index contributed by atoms with van der Waals surface area (Å²) in [6, 6.07) is 6.03. The quantitative estimate of drug-likeness (QED) is 0.772. The van der Waals surface area contributed by atoms with E-state index in [1.165, 1.54) is 12.1 Å². The first-order chi connectivity index (χ1) is 12.3. The van der Waals surface area contributed by atoms with Crippen molar-refractivity contribution >= 4 is 11.9 Å². The van der Waals surface area contributed by atoms with Crippen molar-refractivity contribution in [2.45, 2.75) is 40.2 Å². The lowest BCUT2D eigenvalue weighted by Gasteiger charge is -2.06. The highest BCUT2D eigenvalue weighted by Crippen LogP contribution is 2.23. The van der Waals surface area contributed by atoms with Crippen LogP contribution in [-0.2, 0) is 29.5 Å². The number of carbonyl (C=O) groups is 2. The van der Waals surface area contributed by atoms with E-state index in [0.29, 0.717) is 31.7 Å². The Morgan fingerprint density at radius 3 is 2.46 bits per heavy atom. The Balaban J connectivity index is 1.98. The molecule has 2 rings (SSSR count). The van der Waals surface area contributed by atoms with Crippen molar-refractivity contribution in [3.63, 3.8) is 0 Å². The van der Waals surface area contributed by atoms with Gasteiger partial charge in [0.25, 0.3) is 0 Å². The van der Waals surface area contributed by atoms with Gasteiger partial charge in [0.1, 0.15) is 11.5 Å². The number of amides is 1. The summed E-state index contributed by atoms with van der Waals surface area (Å²) in [5, 5.41) is 2.83. The number of halogens is 1. The molecule has 0 unspecified atom stereocenters. The van der Waals surface area contributed by atoms with Gasteiger partial charge in [-0.1, -0.05) is 12.1 Å². The molecule has 0 atom stereocenters. The number of carbonyl (C=O) groups excluding carboxylic acids is 2. The van der Waals surface area contributed by atoms with Gasteiger partial charge in [0.05, 0.1) is 6.61 Å². The Morgan fingerprint density at radius 1 is 1.19 bits per heavy atom. The van der Waals surface area contributed by atoms with Gasteiger partial charge >= 0.3 is 5.97 Å². The summed E-state index contributed by atoms with van der Waals surface area (Å²) >= 11 is 0. The number of rotatable bonds is 7. The van der Waals surface area contributed by atoms with E-state index in [4.69, 9.17) is 4.74 Å². The molecule has 0 spiro atoms. The normalized spacial score (nSPS) is 10.7. The zero-order valence-corrected chi connectivity index (χ0v) is 15.7. The minimum absolute atomic E-state index is 0.0883. The smallest absolute Gasteiger partial charge is 0.355 e. The standard InChI is InChI=1S/C20H25FN2O3/c1-5-26-20(25)19-13(2)17(14(3)23(19)4)10-11-18(24)22-12-15-6-8-16(21)9-7-15/h6-9H,5,10-12H2,1-4H3,(H,22,24). The minimum Gasteiger partial charge on any atom is -0.461 e. The van der Waals surface area contributed by atoms with Crippen molar-refractivity contribution in [1.29, 1.82) is 0 Å². The first-order valence-electron chi connectivity index (χ1n) is 8.68. The zero-order valence-electron chi connectivity index (χ0n) is 15.7. The summed E-state index contributed by atoms with van der Waals surface area (Å²) in [6.07, 6.45) is 0.856. The summed E-state index contributed by atoms with van der Waals surface area (Å²) < 4.78 is 19.8. The molecule has 26 heavy (non-hydrogen) atoms. The zero-order chi connectivity index (χ0) is 19.3. The van der Waals surface area contributed by atoms with E-state index in [-0.39, 0.29) is 17.7 Å². The lowest BCUT2D eigenvalue weighted by atomic mass is 10.0. The van der Waals surface area contributed by atoms with Crippen molar-refractivity contribution in [3.05, 3.63) is 58.2 Å². The molecule has 2 aromatic rings. The summed E-state index contributed by atoms with van der Waals surface area (Å²) in [5.74, 6) is -0.732. The van der Waals surface area contributed by atoms with Crippen LogP contribution >= 0.6 is 0 Å². The average Bonchev–Trinajstić information content (AvgIpc) is 2.82. The second kappa shape index (κ2) is 8.65. The van der Waals surface area contributed by atoms with Crippen molar-refractivity contribution in [3.8, 4) is 0 Å². The van der Waals surface area contributed by atoms with Gasteiger partial charge in [-0.2, -0.15) is 0 Å². The van der Waals surface area contributed by atoms with Crippen LogP contribution in [0, 0.1) is 19.7 Å². The van der Waals surface area contributed by atoms with Gasteiger partial charge in [-0.15, -0.1) is 0 Å². The number of benzene rings is 1. The van der Waals surface area contributed by atoms with E-state index in [2.05, 4.69) is 5.32 Å². The van der Waals surface area contributed by atoms with Gasteiger partial charge in [-0.05, 0) is 56.0 Å². The summed E-state index contributed by atoms with van der Waals surface area (Å²) in [4.78, 5) is 24.2. The van der Waals surface area contributed by atoms with Crippen molar-refractivity contribution < 1.29 is 18.7 Å². The second-order valence-electron chi connectivity index (χ2n) is 6.22. The third-order valence-corrected chi connectivity index (χ3v) is 4.56. The van der Waals surface area contributed by atoms with Crippen LogP contribution in [-0.4, -0.2) is 23.1 Å². The molecule has 1 aromatic heterocycles. The van der Waals surface area contributed by atoms with Crippen LogP contribution in [0.3, 0.4) is 0 Å². The van der Waals surface area contributed by atoms with E-state index in [9.17, 15) is 14.0 Å². The monoisotopic (exact) mass is 360 g/mol. The summed E-state index contributed by atoms with van der Waals surface area (Å²) in [5.41, 5.74) is 4.18. The molecule has 5 nitrogen and oxygen atoms in total. The van der Waals surface area contributed by atoms with Crippen molar-refractivity contribution in [2.75, 3.05) is 6.61 Å². The molecule has 0 bridgehead atoms. The maximum absolute atomic E-state index is 12.9. The van der Waals surface area contributed by atoms with Crippen LogP contribution in [0.4, 0.5) is 4.39 Å². The number of aromatic nitrogens is 1. The number of ether oxygens (including phenoxy) is 1. The van der Waals surface area contributed by atoms with E-state index < -0.39 is 0 Å². The number of hydrogen-bond acceptors (Lipinski definition) is 3. The van der Waals surface area contributed by atoms with Crippen LogP contribution in [0.15, 0.2) is 24.3 Å². The van der Waals surface area contributed by atoms with Crippen LogP contribution in [0.1, 0.15) is 46.2 Å². The Morgan fingerprint density at radius 2 is 1.85 bits per heavy atom. The Labute approximate surface area is 153 Å². The molecule has 1 N–H and O–H groups in total. The van der Waals surface area contributed by atoms with Gasteiger partial charge < -0.3 is 14.6 Å². The van der Waals surface area contributed by atoms with Gasteiger partial charge in [-0.25, -0.2) is 9.18 Å². The molecule has 1 amide bonds. The number of nitrogens with one attached hydrogen (secondary N) is 1. The molecule has 0 aliphatic carbocycles. The fourth-order valence-electron chi connectivity index (χ4n) is 3.02. The molecule has 0 radical (unpaired) electrons. The molecule has 1 aromatic carbocycles. The van der Waals surface area contributed by atoms with Crippen molar-refractivity contribution in [2.24, 2.45) is 7.05 Å². The topological polar surface area (TPSA) is 60.3 Å². The van der Waals surface area contributed by atoms with Crippen LogP contribution in [0.25, 0.3) is 0 Å². The largest absolute Gasteiger partial charge is 0.461 e. The summed E-state index contributed by atoms with van der Waals surface area (Å²) in [6.45, 7) is 6.27. The Hall–Kier alpha value is -2.63. The lowest BCUT2D eigenvalue weighted by molar-refractivity contribution is -0.121. The minimum atomic E-state index is -0.345. The highest BCUT2D eigenvalue weighted by atomic mass is 19.1. The first-order valence-corrected chi connectivity index (χ1v) is 8.68. The van der Waals surface area contributed by atoms with E-state index in [1.54, 1.807) is 19.1 Å². The van der Waals surface area contributed by atoms with E-state index in [0.717, 1.165) is 22.4 Å². The van der Waals surface area contributed by atoms with Gasteiger partial charge in [0.15, 0.2) is 0 Å². The third kappa shape index (κ3) is 4.50. The van der Waals surface area contributed by atoms with Crippen LogP contribution < -0.4 is 5.32 Å². The van der Waals surface area contributed by atoms with E-state index in [1.807, 2.05) is 25.5 Å². The molecule has 0 saturated heterocycles. The van der Waals surface area contributed by atoms with Gasteiger partial charge in [0, 0.05) is 25.7 Å². The predicted octanol–water partition coefficient (Wildman–Crippen LogP) is 3.21. The van der Waals surface area contributed by atoms with Crippen molar-refractivity contribution in [1.82, 2.24) is 9.88 Å². The second-order valence-corrected chi connectivity index (χ2v) is 6.22. The molecular formula is C20H25FN2O3. The molecule has 0 aliphatic rings. The first kappa shape index (κ1) is 19.7. The van der Waals surface area contributed by atoms with E-state index >= 15 is 0 Å². The van der Waals surface area contributed by atoms with Crippen LogP contribution in [0.2, 0.25) is 0 Å². The third-order valence-electron chi connectivity index (χ3n) is 4.56. The fourth-order valence-corrected chi connectivity index (χ4v) is 3.02. The van der Waals surface area contributed by atoms with Gasteiger partial charge in [0.2, 0.25) is 5.91 Å². The maximum atomic E-state index is 12.9. The molecule has 6 heteroatoms. The number of esters is 1. The Bertz CT molecular complexity index is 794. The maximum Gasteiger partial charge on any atom is 0.355 e. The molecule has 0 aliphatic heterocycles. The lowest BCUT2D eigenvalue weighted by Crippen LogP contribution is -2.23. The highest BCUT2D eigenvalue weighted by molar-refractivity contribution is 5.90. The SMILES string of the molecule is CCOC(=O)c1c(C)c(CCC(=O)NCc2ccc(F)cc2)c(C)n1C. The summed E-state index contributed by atoms with van der Waals surface area (Å²) in [7, 11) is 1.83. The Kier molecular flexibility index (Phi) is 6.55. The molecule has 1 heterocycles. The van der Waals surface area contributed by atoms with Crippen LogP contribution in [0.5, 0.6) is 0 Å².